The number of hydrogen-bond acceptors (Lipinski definition) is 3. The largest absolute Gasteiger partial charge is 0.392 e. The van der Waals surface area contributed by atoms with Crippen LogP contribution in [-0.2, 0) is 6.61 Å². The number of hydrogen-bond donors (Lipinski definition) is 2. The van der Waals surface area contributed by atoms with Crippen molar-refractivity contribution in [2.24, 2.45) is 0 Å². The normalized spacial score (nSPS) is 9.73. The zero-order valence-electron chi connectivity index (χ0n) is 6.24. The summed E-state index contributed by atoms with van der Waals surface area (Å²) >= 11 is 0. The fourth-order valence-corrected chi connectivity index (χ4v) is 0.921. The van der Waals surface area contributed by atoms with Crippen molar-refractivity contribution >= 4 is 0 Å². The van der Waals surface area contributed by atoms with Crippen molar-refractivity contribution in [3.05, 3.63) is 29.3 Å². The summed E-state index contributed by atoms with van der Waals surface area (Å²) in [4.78, 5) is 4.03. The van der Waals surface area contributed by atoms with Crippen molar-refractivity contribution in [1.82, 2.24) is 0 Å². The lowest BCUT2D eigenvalue weighted by molar-refractivity contribution is -0.138. The van der Waals surface area contributed by atoms with Crippen LogP contribution in [0.3, 0.4) is 0 Å². The van der Waals surface area contributed by atoms with Gasteiger partial charge in [0.2, 0.25) is 0 Å². The molecule has 0 heterocycles. The number of benzene rings is 1. The maximum absolute atomic E-state index is 8.78. The summed E-state index contributed by atoms with van der Waals surface area (Å²) in [6.07, 6.45) is 0. The third kappa shape index (κ3) is 1.69. The van der Waals surface area contributed by atoms with Crippen LogP contribution in [0, 0.1) is 6.92 Å². The molecule has 0 fully saturated rings. The van der Waals surface area contributed by atoms with E-state index in [0.29, 0.717) is 11.3 Å². The van der Waals surface area contributed by atoms with Crippen molar-refractivity contribution in [3.63, 3.8) is 0 Å². The molecule has 2 N–H and O–H groups in total. The van der Waals surface area contributed by atoms with Crippen molar-refractivity contribution < 1.29 is 15.3 Å². The third-order valence-corrected chi connectivity index (χ3v) is 1.48. The molecule has 0 atom stereocenters. The van der Waals surface area contributed by atoms with Gasteiger partial charge in [0.1, 0.15) is 0 Å². The molecule has 0 spiro atoms. The minimum atomic E-state index is -0.127. The summed E-state index contributed by atoms with van der Waals surface area (Å²) in [6, 6.07) is 5.16. The Morgan fingerprint density at radius 1 is 1.45 bits per heavy atom. The van der Waals surface area contributed by atoms with Crippen molar-refractivity contribution in [3.8, 4) is 5.75 Å². The summed E-state index contributed by atoms with van der Waals surface area (Å²) in [5.74, 6) is 0.304. The van der Waals surface area contributed by atoms with E-state index in [-0.39, 0.29) is 6.61 Å². The van der Waals surface area contributed by atoms with Gasteiger partial charge >= 0.3 is 0 Å². The first-order chi connectivity index (χ1) is 5.27. The van der Waals surface area contributed by atoms with E-state index in [1.165, 1.54) is 0 Å². The molecule has 1 aromatic carbocycles. The molecule has 0 radical (unpaired) electrons. The molecule has 0 aliphatic carbocycles. The predicted octanol–water partition coefficient (Wildman–Crippen LogP) is 1.34. The van der Waals surface area contributed by atoms with Gasteiger partial charge in [0, 0.05) is 5.56 Å². The van der Waals surface area contributed by atoms with Crippen LogP contribution in [0.4, 0.5) is 0 Å². The van der Waals surface area contributed by atoms with E-state index in [9.17, 15) is 0 Å². The Morgan fingerprint density at radius 3 is 2.73 bits per heavy atom. The topological polar surface area (TPSA) is 49.7 Å². The van der Waals surface area contributed by atoms with Crippen LogP contribution >= 0.6 is 0 Å². The molecule has 3 nitrogen and oxygen atoms in total. The Morgan fingerprint density at radius 2 is 2.18 bits per heavy atom. The molecule has 60 valence electrons. The third-order valence-electron chi connectivity index (χ3n) is 1.48. The summed E-state index contributed by atoms with van der Waals surface area (Å²) < 4.78 is 0. The van der Waals surface area contributed by atoms with Gasteiger partial charge in [-0.3, -0.25) is 0 Å². The van der Waals surface area contributed by atoms with Gasteiger partial charge in [0.15, 0.2) is 5.75 Å². The Labute approximate surface area is 64.8 Å². The molecule has 1 rings (SSSR count). The number of aliphatic hydroxyl groups excluding tert-OH is 1. The summed E-state index contributed by atoms with van der Waals surface area (Å²) in [6.45, 7) is 1.78. The highest BCUT2D eigenvalue weighted by Gasteiger charge is 2.01. The highest BCUT2D eigenvalue weighted by atomic mass is 17.1. The molecule has 1 aromatic rings. The lowest BCUT2D eigenvalue weighted by atomic mass is 10.1. The average Bonchev–Trinajstić information content (AvgIpc) is 2.04. The van der Waals surface area contributed by atoms with Crippen LogP contribution in [0.15, 0.2) is 18.2 Å². The molecule has 0 amide bonds. The molecule has 11 heavy (non-hydrogen) atoms. The van der Waals surface area contributed by atoms with E-state index in [1.807, 2.05) is 6.92 Å². The maximum atomic E-state index is 8.78. The summed E-state index contributed by atoms with van der Waals surface area (Å²) in [5, 5.41) is 17.1. The fourth-order valence-electron chi connectivity index (χ4n) is 0.921. The first-order valence-corrected chi connectivity index (χ1v) is 3.29. The van der Waals surface area contributed by atoms with Crippen LogP contribution in [0.1, 0.15) is 11.1 Å². The molecule has 0 aliphatic rings. The smallest absolute Gasteiger partial charge is 0.170 e. The van der Waals surface area contributed by atoms with E-state index >= 15 is 0 Å². The fraction of sp³-hybridized carbons (Fsp3) is 0.250. The molecule has 0 saturated heterocycles. The zero-order chi connectivity index (χ0) is 8.27. The quantitative estimate of drug-likeness (QED) is 0.499. The van der Waals surface area contributed by atoms with Gasteiger partial charge in [-0.05, 0) is 19.1 Å². The van der Waals surface area contributed by atoms with Gasteiger partial charge in [0.05, 0.1) is 6.61 Å². The van der Waals surface area contributed by atoms with Crippen LogP contribution in [-0.4, -0.2) is 10.4 Å². The molecular weight excluding hydrogens is 144 g/mol. The van der Waals surface area contributed by atoms with E-state index < -0.39 is 0 Å². The summed E-state index contributed by atoms with van der Waals surface area (Å²) in [7, 11) is 0. The van der Waals surface area contributed by atoms with Crippen molar-refractivity contribution in [1.29, 1.82) is 0 Å². The van der Waals surface area contributed by atoms with Crippen LogP contribution in [0.2, 0.25) is 0 Å². The summed E-state index contributed by atoms with van der Waals surface area (Å²) in [5.41, 5.74) is 1.61. The van der Waals surface area contributed by atoms with Gasteiger partial charge in [-0.25, -0.2) is 5.26 Å². The Hall–Kier alpha value is -1.06. The second kappa shape index (κ2) is 3.37. The average molecular weight is 154 g/mol. The van der Waals surface area contributed by atoms with Crippen molar-refractivity contribution in [2.45, 2.75) is 13.5 Å². The molecule has 0 unspecified atom stereocenters. The molecule has 0 aromatic heterocycles. The highest BCUT2D eigenvalue weighted by molar-refractivity contribution is 5.35. The van der Waals surface area contributed by atoms with Crippen LogP contribution in [0.5, 0.6) is 5.75 Å². The van der Waals surface area contributed by atoms with Gasteiger partial charge in [0.25, 0.3) is 0 Å². The minimum absolute atomic E-state index is 0.127. The zero-order valence-corrected chi connectivity index (χ0v) is 6.24. The highest BCUT2D eigenvalue weighted by Crippen LogP contribution is 2.18. The van der Waals surface area contributed by atoms with Crippen LogP contribution in [0.25, 0.3) is 0 Å². The Balaban J connectivity index is 3.06. The second-order valence-electron chi connectivity index (χ2n) is 2.36. The Kier molecular flexibility index (Phi) is 2.46. The molecule has 0 bridgehead atoms. The molecule has 0 saturated carbocycles. The lowest BCUT2D eigenvalue weighted by Crippen LogP contribution is -1.92. The number of rotatable bonds is 2. The van der Waals surface area contributed by atoms with Crippen molar-refractivity contribution in [2.75, 3.05) is 0 Å². The van der Waals surface area contributed by atoms with E-state index in [0.717, 1.165) is 5.56 Å². The molecule has 0 aliphatic heterocycles. The van der Waals surface area contributed by atoms with Gasteiger partial charge in [-0.2, -0.15) is 0 Å². The van der Waals surface area contributed by atoms with Gasteiger partial charge in [-0.1, -0.05) is 11.6 Å². The monoisotopic (exact) mass is 154 g/mol. The SMILES string of the molecule is Cc1ccc(OO)c(CO)c1. The van der Waals surface area contributed by atoms with Crippen LogP contribution < -0.4 is 4.89 Å². The van der Waals surface area contributed by atoms with E-state index in [1.54, 1.807) is 18.2 Å². The number of aliphatic hydroxyl groups is 1. The molecule has 3 heteroatoms. The second-order valence-corrected chi connectivity index (χ2v) is 2.36. The van der Waals surface area contributed by atoms with E-state index in [4.69, 9.17) is 10.4 Å². The lowest BCUT2D eigenvalue weighted by Gasteiger charge is -2.03. The maximum Gasteiger partial charge on any atom is 0.170 e. The predicted molar refractivity (Wildman–Crippen MR) is 40.4 cm³/mol. The Bertz CT molecular complexity index is 245. The van der Waals surface area contributed by atoms with E-state index in [2.05, 4.69) is 4.89 Å². The van der Waals surface area contributed by atoms with Gasteiger partial charge < -0.3 is 9.99 Å². The standard InChI is InChI=1S/C8H10O3/c1-6-2-3-8(11-10)7(4-6)5-9/h2-4,9-10H,5H2,1H3. The minimum Gasteiger partial charge on any atom is -0.392 e. The van der Waals surface area contributed by atoms with Gasteiger partial charge in [-0.15, -0.1) is 0 Å². The molecular formula is C8H10O3. The number of aryl methyl sites for hydroxylation is 1. The first kappa shape index (κ1) is 8.04. The first-order valence-electron chi connectivity index (χ1n) is 3.29.